The van der Waals surface area contributed by atoms with Gasteiger partial charge in [0.1, 0.15) is 5.78 Å². The van der Waals surface area contributed by atoms with Gasteiger partial charge in [-0.2, -0.15) is 0 Å². The van der Waals surface area contributed by atoms with Gasteiger partial charge in [-0.25, -0.2) is 0 Å². The molecule has 0 bridgehead atoms. The Hall–Kier alpha value is -0.370. The molecule has 0 aromatic rings. The molecule has 106 valence electrons. The smallest absolute Gasteiger partial charge is 0.140 e. The Morgan fingerprint density at radius 3 is 2.28 bits per heavy atom. The molecule has 1 aliphatic rings. The molecule has 0 spiro atoms. The second-order valence-corrected chi connectivity index (χ2v) is 5.86. The summed E-state index contributed by atoms with van der Waals surface area (Å²) in [6.45, 7) is 6.35. The average Bonchev–Trinajstić information content (AvgIpc) is 2.87. The summed E-state index contributed by atoms with van der Waals surface area (Å²) in [7, 11) is 0. The van der Waals surface area contributed by atoms with Crippen molar-refractivity contribution in [1.29, 1.82) is 0 Å². The Morgan fingerprint density at radius 2 is 1.72 bits per heavy atom. The zero-order valence-electron chi connectivity index (χ0n) is 12.4. The van der Waals surface area contributed by atoms with Crippen molar-refractivity contribution < 1.29 is 4.79 Å². The molecule has 1 unspecified atom stereocenters. The standard InChI is InChI=1S/C16H31NO/c1-3-5-6-7-8-9-10-11-15(18)16(4-2)12-13-17-14-16/h17H,3-14H2,1-2H3. The first-order valence-electron chi connectivity index (χ1n) is 7.99. The van der Waals surface area contributed by atoms with Crippen LogP contribution in [0.5, 0.6) is 0 Å². The molecule has 1 saturated heterocycles. The maximum Gasteiger partial charge on any atom is 0.140 e. The summed E-state index contributed by atoms with van der Waals surface area (Å²) < 4.78 is 0. The molecule has 0 aromatic carbocycles. The Bertz CT molecular complexity index is 231. The van der Waals surface area contributed by atoms with Crippen molar-refractivity contribution in [2.45, 2.75) is 78.1 Å². The zero-order valence-corrected chi connectivity index (χ0v) is 12.4. The summed E-state index contributed by atoms with van der Waals surface area (Å²) >= 11 is 0. The Balaban J connectivity index is 2.09. The fourth-order valence-electron chi connectivity index (χ4n) is 2.99. The van der Waals surface area contributed by atoms with E-state index in [-0.39, 0.29) is 5.41 Å². The monoisotopic (exact) mass is 253 g/mol. The molecule has 0 amide bonds. The Kier molecular flexibility index (Phi) is 7.57. The highest BCUT2D eigenvalue weighted by Crippen LogP contribution is 2.32. The van der Waals surface area contributed by atoms with Gasteiger partial charge in [0.2, 0.25) is 0 Å². The molecule has 1 atom stereocenters. The summed E-state index contributed by atoms with van der Waals surface area (Å²) in [6.07, 6.45) is 11.9. The van der Waals surface area contributed by atoms with Gasteiger partial charge in [0.15, 0.2) is 0 Å². The predicted molar refractivity (Wildman–Crippen MR) is 77.8 cm³/mol. The summed E-state index contributed by atoms with van der Waals surface area (Å²) in [6, 6.07) is 0. The molecule has 0 aliphatic carbocycles. The van der Waals surface area contributed by atoms with Crippen molar-refractivity contribution in [1.82, 2.24) is 5.32 Å². The number of ketones is 1. The van der Waals surface area contributed by atoms with Gasteiger partial charge in [0.25, 0.3) is 0 Å². The lowest BCUT2D eigenvalue weighted by Crippen LogP contribution is -2.32. The number of carbonyl (C=O) groups excluding carboxylic acids is 1. The van der Waals surface area contributed by atoms with Crippen LogP contribution in [0.4, 0.5) is 0 Å². The van der Waals surface area contributed by atoms with Crippen LogP contribution in [0.1, 0.15) is 78.1 Å². The lowest BCUT2D eigenvalue weighted by atomic mass is 9.78. The second-order valence-electron chi connectivity index (χ2n) is 5.86. The van der Waals surface area contributed by atoms with Crippen LogP contribution in [-0.2, 0) is 4.79 Å². The van der Waals surface area contributed by atoms with Crippen molar-refractivity contribution in [3.05, 3.63) is 0 Å². The lowest BCUT2D eigenvalue weighted by molar-refractivity contribution is -0.128. The van der Waals surface area contributed by atoms with E-state index in [2.05, 4.69) is 19.2 Å². The van der Waals surface area contributed by atoms with Gasteiger partial charge in [-0.05, 0) is 25.8 Å². The lowest BCUT2D eigenvalue weighted by Gasteiger charge is -2.24. The number of carbonyl (C=O) groups is 1. The minimum absolute atomic E-state index is 0.0117. The minimum atomic E-state index is -0.0117. The van der Waals surface area contributed by atoms with Crippen LogP contribution in [0, 0.1) is 5.41 Å². The van der Waals surface area contributed by atoms with Crippen LogP contribution in [0.25, 0.3) is 0 Å². The third kappa shape index (κ3) is 4.72. The van der Waals surface area contributed by atoms with Crippen LogP contribution in [-0.4, -0.2) is 18.9 Å². The Labute approximate surface area is 113 Å². The summed E-state index contributed by atoms with van der Waals surface area (Å²) in [4.78, 5) is 12.3. The second kappa shape index (κ2) is 8.68. The fraction of sp³-hybridized carbons (Fsp3) is 0.938. The fourth-order valence-corrected chi connectivity index (χ4v) is 2.99. The third-order valence-corrected chi connectivity index (χ3v) is 4.52. The van der Waals surface area contributed by atoms with Crippen LogP contribution >= 0.6 is 0 Å². The van der Waals surface area contributed by atoms with Crippen LogP contribution in [0.15, 0.2) is 0 Å². The van der Waals surface area contributed by atoms with Crippen molar-refractivity contribution in [2.75, 3.05) is 13.1 Å². The van der Waals surface area contributed by atoms with Gasteiger partial charge in [0, 0.05) is 18.4 Å². The third-order valence-electron chi connectivity index (χ3n) is 4.52. The molecule has 0 saturated carbocycles. The van der Waals surface area contributed by atoms with E-state index in [4.69, 9.17) is 0 Å². The van der Waals surface area contributed by atoms with Crippen molar-refractivity contribution in [3.8, 4) is 0 Å². The molecule has 0 radical (unpaired) electrons. The minimum Gasteiger partial charge on any atom is -0.316 e. The maximum absolute atomic E-state index is 12.3. The highest BCUT2D eigenvalue weighted by atomic mass is 16.1. The molecule has 18 heavy (non-hydrogen) atoms. The van der Waals surface area contributed by atoms with Gasteiger partial charge in [-0.3, -0.25) is 4.79 Å². The van der Waals surface area contributed by atoms with Crippen molar-refractivity contribution in [2.24, 2.45) is 5.41 Å². The predicted octanol–water partition coefficient (Wildman–Crippen LogP) is 4.09. The molecule has 1 fully saturated rings. The van der Waals surface area contributed by atoms with E-state index in [0.717, 1.165) is 38.8 Å². The van der Waals surface area contributed by atoms with E-state index in [1.54, 1.807) is 0 Å². The van der Waals surface area contributed by atoms with Gasteiger partial charge in [-0.1, -0.05) is 52.4 Å². The number of nitrogens with one attached hydrogen (secondary N) is 1. The topological polar surface area (TPSA) is 29.1 Å². The first-order chi connectivity index (χ1) is 8.75. The number of hydrogen-bond acceptors (Lipinski definition) is 2. The number of Topliss-reactive ketones (excluding diaryl/α,β-unsaturated/α-hetero) is 1. The van der Waals surface area contributed by atoms with Crippen LogP contribution in [0.2, 0.25) is 0 Å². The molecule has 1 aliphatic heterocycles. The first kappa shape index (κ1) is 15.7. The van der Waals surface area contributed by atoms with E-state index in [1.165, 1.54) is 38.5 Å². The van der Waals surface area contributed by atoms with E-state index in [0.29, 0.717) is 5.78 Å². The summed E-state index contributed by atoms with van der Waals surface area (Å²) in [5.74, 6) is 0.517. The molecular formula is C16H31NO. The molecule has 1 N–H and O–H groups in total. The van der Waals surface area contributed by atoms with Gasteiger partial charge < -0.3 is 5.32 Å². The van der Waals surface area contributed by atoms with Crippen molar-refractivity contribution >= 4 is 5.78 Å². The van der Waals surface area contributed by atoms with Crippen molar-refractivity contribution in [3.63, 3.8) is 0 Å². The Morgan fingerprint density at radius 1 is 1.06 bits per heavy atom. The quantitative estimate of drug-likeness (QED) is 0.594. The van der Waals surface area contributed by atoms with E-state index in [9.17, 15) is 4.79 Å². The van der Waals surface area contributed by atoms with E-state index < -0.39 is 0 Å². The molecule has 2 heteroatoms. The SMILES string of the molecule is CCCCCCCCCC(=O)C1(CC)CCNC1. The molecule has 0 aromatic heterocycles. The summed E-state index contributed by atoms with van der Waals surface area (Å²) in [5.41, 5.74) is -0.0117. The van der Waals surface area contributed by atoms with Crippen LogP contribution < -0.4 is 5.32 Å². The first-order valence-corrected chi connectivity index (χ1v) is 7.99. The highest BCUT2D eigenvalue weighted by Gasteiger charge is 2.38. The average molecular weight is 253 g/mol. The van der Waals surface area contributed by atoms with Gasteiger partial charge in [-0.15, -0.1) is 0 Å². The molecular weight excluding hydrogens is 222 g/mol. The highest BCUT2D eigenvalue weighted by molar-refractivity contribution is 5.85. The van der Waals surface area contributed by atoms with Gasteiger partial charge >= 0.3 is 0 Å². The molecule has 2 nitrogen and oxygen atoms in total. The molecule has 1 rings (SSSR count). The van der Waals surface area contributed by atoms with E-state index >= 15 is 0 Å². The maximum atomic E-state index is 12.3. The van der Waals surface area contributed by atoms with Crippen LogP contribution in [0.3, 0.4) is 0 Å². The summed E-state index contributed by atoms with van der Waals surface area (Å²) in [5, 5.41) is 3.35. The molecule has 1 heterocycles. The van der Waals surface area contributed by atoms with Gasteiger partial charge in [0.05, 0.1) is 0 Å². The number of unbranched alkanes of at least 4 members (excludes halogenated alkanes) is 6. The number of hydrogen-bond donors (Lipinski definition) is 1. The van der Waals surface area contributed by atoms with E-state index in [1.807, 2.05) is 0 Å². The largest absolute Gasteiger partial charge is 0.316 e. The number of rotatable bonds is 10. The zero-order chi connectivity index (χ0) is 13.3. The normalized spacial score (nSPS) is 23.4.